The van der Waals surface area contributed by atoms with Gasteiger partial charge in [-0.3, -0.25) is 4.79 Å². The molecule has 0 atom stereocenters. The van der Waals surface area contributed by atoms with Crippen LogP contribution in [0.3, 0.4) is 0 Å². The van der Waals surface area contributed by atoms with Crippen LogP contribution in [0.25, 0.3) is 0 Å². The normalized spacial score (nSPS) is 9.73. The Morgan fingerprint density at radius 3 is 2.73 bits per heavy atom. The molecule has 1 aromatic rings. The van der Waals surface area contributed by atoms with Gasteiger partial charge < -0.3 is 0 Å². The van der Waals surface area contributed by atoms with Crippen LogP contribution in [0.2, 0.25) is 5.15 Å². The molecule has 0 amide bonds. The van der Waals surface area contributed by atoms with Gasteiger partial charge in [0.05, 0.1) is 5.56 Å². The summed E-state index contributed by atoms with van der Waals surface area (Å²) >= 11 is 7.74. The molecule has 0 bridgehead atoms. The van der Waals surface area contributed by atoms with Gasteiger partial charge in [0.15, 0.2) is 5.78 Å². The Balaban J connectivity index is 3.32. The standard InChI is InChI=1S/C7H5ClINO/c1-4(11)6-5(9)2-3-10-7(6)8/h2-3H,1H3. The highest BCUT2D eigenvalue weighted by Gasteiger charge is 2.09. The maximum Gasteiger partial charge on any atom is 0.163 e. The second-order valence-corrected chi connectivity index (χ2v) is 3.53. The molecule has 2 nitrogen and oxygen atoms in total. The summed E-state index contributed by atoms with van der Waals surface area (Å²) in [7, 11) is 0. The van der Waals surface area contributed by atoms with E-state index in [9.17, 15) is 4.79 Å². The molecule has 1 heterocycles. The zero-order chi connectivity index (χ0) is 8.43. The molecule has 0 saturated carbocycles. The van der Waals surface area contributed by atoms with Gasteiger partial charge in [-0.15, -0.1) is 0 Å². The molecular formula is C7H5ClINO. The molecule has 4 heteroatoms. The van der Waals surface area contributed by atoms with Crippen LogP contribution in [0, 0.1) is 3.57 Å². The van der Waals surface area contributed by atoms with Crippen LogP contribution in [-0.4, -0.2) is 10.8 Å². The number of hydrogen-bond acceptors (Lipinski definition) is 2. The van der Waals surface area contributed by atoms with Gasteiger partial charge in [0.1, 0.15) is 5.15 Å². The van der Waals surface area contributed by atoms with Crippen LogP contribution >= 0.6 is 34.2 Å². The van der Waals surface area contributed by atoms with E-state index in [1.165, 1.54) is 6.92 Å². The SMILES string of the molecule is CC(=O)c1c(I)ccnc1Cl. The summed E-state index contributed by atoms with van der Waals surface area (Å²) in [6.07, 6.45) is 1.58. The monoisotopic (exact) mass is 281 g/mol. The van der Waals surface area contributed by atoms with Gasteiger partial charge in [0, 0.05) is 9.77 Å². The van der Waals surface area contributed by atoms with E-state index in [2.05, 4.69) is 27.6 Å². The van der Waals surface area contributed by atoms with Gasteiger partial charge >= 0.3 is 0 Å². The number of rotatable bonds is 1. The first kappa shape index (κ1) is 8.93. The van der Waals surface area contributed by atoms with Gasteiger partial charge in [-0.1, -0.05) is 11.6 Å². The van der Waals surface area contributed by atoms with E-state index in [1.807, 2.05) is 0 Å². The number of nitrogens with zero attached hydrogens (tertiary/aromatic N) is 1. The van der Waals surface area contributed by atoms with E-state index in [0.29, 0.717) is 5.56 Å². The minimum atomic E-state index is -0.0486. The first-order valence-corrected chi connectivity index (χ1v) is 4.39. The molecule has 11 heavy (non-hydrogen) atoms. The highest BCUT2D eigenvalue weighted by atomic mass is 127. The number of pyridine rings is 1. The Hall–Kier alpha value is -0.160. The number of aromatic nitrogens is 1. The van der Waals surface area contributed by atoms with Crippen LogP contribution in [0.1, 0.15) is 17.3 Å². The first-order valence-electron chi connectivity index (χ1n) is 2.94. The molecular weight excluding hydrogens is 276 g/mol. The van der Waals surface area contributed by atoms with E-state index >= 15 is 0 Å². The fourth-order valence-corrected chi connectivity index (χ4v) is 1.97. The lowest BCUT2D eigenvalue weighted by Crippen LogP contribution is -1.98. The summed E-state index contributed by atoms with van der Waals surface area (Å²) < 4.78 is 0.843. The Morgan fingerprint density at radius 2 is 2.36 bits per heavy atom. The third-order valence-corrected chi connectivity index (χ3v) is 2.39. The average Bonchev–Trinajstić information content (AvgIpc) is 1.85. The summed E-state index contributed by atoms with van der Waals surface area (Å²) in [6.45, 7) is 1.48. The van der Waals surface area contributed by atoms with E-state index in [1.54, 1.807) is 12.3 Å². The van der Waals surface area contributed by atoms with E-state index in [0.717, 1.165) is 3.57 Å². The van der Waals surface area contributed by atoms with Gasteiger partial charge in [-0.25, -0.2) is 4.98 Å². The molecule has 0 aliphatic carbocycles. The summed E-state index contributed by atoms with van der Waals surface area (Å²) in [5.74, 6) is -0.0486. The maximum absolute atomic E-state index is 11.0. The predicted molar refractivity (Wildman–Crippen MR) is 52.0 cm³/mol. The average molecular weight is 281 g/mol. The van der Waals surface area contributed by atoms with Crippen molar-refractivity contribution >= 4 is 40.0 Å². The number of carbonyl (C=O) groups is 1. The highest BCUT2D eigenvalue weighted by molar-refractivity contribution is 14.1. The van der Waals surface area contributed by atoms with E-state index in [4.69, 9.17) is 11.6 Å². The molecule has 0 unspecified atom stereocenters. The molecule has 0 fully saturated rings. The number of Topliss-reactive ketones (excluding diaryl/α,β-unsaturated/α-hetero) is 1. The van der Waals surface area contributed by atoms with Gasteiger partial charge in [0.25, 0.3) is 0 Å². The zero-order valence-electron chi connectivity index (χ0n) is 5.77. The third kappa shape index (κ3) is 1.90. The molecule has 0 aliphatic rings. The number of hydrogen-bond donors (Lipinski definition) is 0. The van der Waals surface area contributed by atoms with Crippen LogP contribution < -0.4 is 0 Å². The Labute approximate surface area is 83.1 Å². The van der Waals surface area contributed by atoms with Crippen molar-refractivity contribution in [1.29, 1.82) is 0 Å². The van der Waals surface area contributed by atoms with Crippen molar-refractivity contribution in [2.75, 3.05) is 0 Å². The fourth-order valence-electron chi connectivity index (χ4n) is 0.728. The number of halogens is 2. The lowest BCUT2D eigenvalue weighted by Gasteiger charge is -1.99. The van der Waals surface area contributed by atoms with E-state index in [-0.39, 0.29) is 10.9 Å². The highest BCUT2D eigenvalue weighted by Crippen LogP contribution is 2.19. The van der Waals surface area contributed by atoms with Crippen LogP contribution in [0.4, 0.5) is 0 Å². The molecule has 0 aliphatic heterocycles. The van der Waals surface area contributed by atoms with Crippen molar-refractivity contribution < 1.29 is 4.79 Å². The zero-order valence-corrected chi connectivity index (χ0v) is 8.68. The third-order valence-electron chi connectivity index (χ3n) is 1.21. The van der Waals surface area contributed by atoms with Crippen molar-refractivity contribution in [2.45, 2.75) is 6.92 Å². The molecule has 0 N–H and O–H groups in total. The lowest BCUT2D eigenvalue weighted by molar-refractivity contribution is 0.101. The molecule has 1 rings (SSSR count). The lowest BCUT2D eigenvalue weighted by atomic mass is 10.2. The number of carbonyl (C=O) groups excluding carboxylic acids is 1. The van der Waals surface area contributed by atoms with Crippen LogP contribution in [0.5, 0.6) is 0 Å². The molecule has 0 spiro atoms. The Morgan fingerprint density at radius 1 is 1.73 bits per heavy atom. The van der Waals surface area contributed by atoms with Gasteiger partial charge in [0.2, 0.25) is 0 Å². The quantitative estimate of drug-likeness (QED) is 0.450. The Bertz CT molecular complexity index is 280. The summed E-state index contributed by atoms with van der Waals surface area (Å²) in [6, 6.07) is 1.75. The topological polar surface area (TPSA) is 30.0 Å². The molecule has 1 aromatic heterocycles. The first-order chi connectivity index (χ1) is 5.13. The molecule has 58 valence electrons. The van der Waals surface area contributed by atoms with Gasteiger partial charge in [-0.05, 0) is 35.6 Å². The van der Waals surface area contributed by atoms with Crippen molar-refractivity contribution in [3.05, 3.63) is 26.5 Å². The molecule has 0 radical (unpaired) electrons. The predicted octanol–water partition coefficient (Wildman–Crippen LogP) is 2.54. The number of ketones is 1. The van der Waals surface area contributed by atoms with Crippen molar-refractivity contribution in [3.63, 3.8) is 0 Å². The fraction of sp³-hybridized carbons (Fsp3) is 0.143. The van der Waals surface area contributed by atoms with Crippen LogP contribution in [0.15, 0.2) is 12.3 Å². The molecule has 0 aromatic carbocycles. The van der Waals surface area contributed by atoms with Crippen molar-refractivity contribution in [1.82, 2.24) is 4.98 Å². The minimum Gasteiger partial charge on any atom is -0.294 e. The summed E-state index contributed by atoms with van der Waals surface area (Å²) in [4.78, 5) is 14.8. The summed E-state index contributed by atoms with van der Waals surface area (Å²) in [5, 5.41) is 0.282. The van der Waals surface area contributed by atoms with Crippen molar-refractivity contribution in [3.8, 4) is 0 Å². The largest absolute Gasteiger partial charge is 0.294 e. The maximum atomic E-state index is 11.0. The second kappa shape index (κ2) is 3.49. The van der Waals surface area contributed by atoms with Crippen molar-refractivity contribution in [2.24, 2.45) is 0 Å². The summed E-state index contributed by atoms with van der Waals surface area (Å²) in [5.41, 5.74) is 0.509. The van der Waals surface area contributed by atoms with Crippen LogP contribution in [-0.2, 0) is 0 Å². The van der Waals surface area contributed by atoms with E-state index < -0.39 is 0 Å². The minimum absolute atomic E-state index is 0.0486. The molecule has 0 saturated heterocycles. The van der Waals surface area contributed by atoms with Gasteiger partial charge in [-0.2, -0.15) is 0 Å². The second-order valence-electron chi connectivity index (χ2n) is 2.01. The smallest absolute Gasteiger partial charge is 0.163 e. The Kier molecular flexibility index (Phi) is 2.84.